The van der Waals surface area contributed by atoms with Crippen molar-refractivity contribution < 1.29 is 4.79 Å². The normalized spacial score (nSPS) is 12.5. The zero-order valence-electron chi connectivity index (χ0n) is 10.7. The lowest BCUT2D eigenvalue weighted by Gasteiger charge is -2.15. The summed E-state index contributed by atoms with van der Waals surface area (Å²) in [4.78, 5) is 17.0. The van der Waals surface area contributed by atoms with Crippen molar-refractivity contribution >= 4 is 17.2 Å². The summed E-state index contributed by atoms with van der Waals surface area (Å²) in [7, 11) is 0. The summed E-state index contributed by atoms with van der Waals surface area (Å²) in [6.07, 6.45) is 3.14. The molecule has 1 heterocycles. The van der Waals surface area contributed by atoms with E-state index < -0.39 is 0 Å². The molecule has 1 rings (SSSR count). The van der Waals surface area contributed by atoms with E-state index in [9.17, 15) is 4.79 Å². The monoisotopic (exact) mass is 255 g/mol. The average molecular weight is 255 g/mol. The van der Waals surface area contributed by atoms with Crippen LogP contribution in [-0.2, 0) is 0 Å². The van der Waals surface area contributed by atoms with Crippen molar-refractivity contribution in [2.75, 3.05) is 6.54 Å². The Balaban J connectivity index is 2.61. The first kappa shape index (κ1) is 14.1. The van der Waals surface area contributed by atoms with Gasteiger partial charge in [-0.25, -0.2) is 4.98 Å². The number of carbonyl (C=O) groups is 1. The Bertz CT molecular complexity index is 376. The summed E-state index contributed by atoms with van der Waals surface area (Å²) in [5.41, 5.74) is 6.46. The summed E-state index contributed by atoms with van der Waals surface area (Å²) < 4.78 is 0. The molecule has 0 radical (unpaired) electrons. The highest BCUT2D eigenvalue weighted by atomic mass is 32.1. The molecular formula is C12H21N3OS. The topological polar surface area (TPSA) is 68.0 Å². The van der Waals surface area contributed by atoms with E-state index in [1.54, 1.807) is 0 Å². The second-order valence-corrected chi connectivity index (χ2v) is 5.40. The number of rotatable bonds is 6. The maximum absolute atomic E-state index is 12.0. The van der Waals surface area contributed by atoms with Gasteiger partial charge in [-0.2, -0.15) is 0 Å². The maximum Gasteiger partial charge on any atom is 0.263 e. The summed E-state index contributed by atoms with van der Waals surface area (Å²) >= 11 is 1.43. The fourth-order valence-electron chi connectivity index (χ4n) is 1.69. The lowest BCUT2D eigenvalue weighted by molar-refractivity contribution is 0.0939. The number of hydrogen-bond donors (Lipinski definition) is 2. The highest BCUT2D eigenvalue weighted by molar-refractivity contribution is 7.13. The molecule has 0 saturated heterocycles. The summed E-state index contributed by atoms with van der Waals surface area (Å²) in [5.74, 6) is -0.0420. The van der Waals surface area contributed by atoms with Crippen LogP contribution in [0.15, 0.2) is 0 Å². The molecule has 0 aliphatic rings. The van der Waals surface area contributed by atoms with E-state index >= 15 is 0 Å². The number of carbonyl (C=O) groups excluding carboxylic acids is 1. The maximum atomic E-state index is 12.0. The smallest absolute Gasteiger partial charge is 0.263 e. The number of nitrogens with one attached hydrogen (secondary N) is 1. The van der Waals surface area contributed by atoms with Crippen molar-refractivity contribution in [1.82, 2.24) is 10.3 Å². The molecule has 0 aromatic carbocycles. The van der Waals surface area contributed by atoms with E-state index in [0.717, 1.165) is 30.0 Å². The Morgan fingerprint density at radius 1 is 1.53 bits per heavy atom. The van der Waals surface area contributed by atoms with Crippen molar-refractivity contribution in [3.8, 4) is 0 Å². The number of hydrogen-bond acceptors (Lipinski definition) is 4. The largest absolute Gasteiger partial charge is 0.347 e. The zero-order chi connectivity index (χ0) is 12.8. The molecule has 4 nitrogen and oxygen atoms in total. The van der Waals surface area contributed by atoms with Crippen molar-refractivity contribution in [3.05, 3.63) is 15.6 Å². The molecule has 1 atom stereocenters. The van der Waals surface area contributed by atoms with Crippen molar-refractivity contribution in [1.29, 1.82) is 0 Å². The lowest BCUT2D eigenvalue weighted by Crippen LogP contribution is -2.40. The quantitative estimate of drug-likeness (QED) is 0.817. The van der Waals surface area contributed by atoms with E-state index in [1.807, 2.05) is 13.8 Å². The molecule has 5 heteroatoms. The van der Waals surface area contributed by atoms with Crippen LogP contribution >= 0.6 is 11.3 Å². The minimum Gasteiger partial charge on any atom is -0.347 e. The van der Waals surface area contributed by atoms with E-state index in [4.69, 9.17) is 5.73 Å². The minimum atomic E-state index is -0.0420. The fraction of sp³-hybridized carbons (Fsp3) is 0.667. The van der Waals surface area contributed by atoms with Gasteiger partial charge in [-0.3, -0.25) is 4.79 Å². The highest BCUT2D eigenvalue weighted by Crippen LogP contribution is 2.17. The van der Waals surface area contributed by atoms with Crippen molar-refractivity contribution in [2.24, 2.45) is 5.73 Å². The molecule has 0 fully saturated rings. The van der Waals surface area contributed by atoms with Gasteiger partial charge >= 0.3 is 0 Å². The third-order valence-electron chi connectivity index (χ3n) is 2.64. The number of thiazole rings is 1. The van der Waals surface area contributed by atoms with Crippen LogP contribution in [0.3, 0.4) is 0 Å². The first-order valence-corrected chi connectivity index (χ1v) is 6.85. The van der Waals surface area contributed by atoms with Crippen LogP contribution in [-0.4, -0.2) is 23.5 Å². The van der Waals surface area contributed by atoms with Crippen LogP contribution in [0.1, 0.15) is 46.6 Å². The second kappa shape index (κ2) is 6.71. The predicted molar refractivity (Wildman–Crippen MR) is 71.4 cm³/mol. The fourth-order valence-corrected chi connectivity index (χ4v) is 2.52. The first-order valence-electron chi connectivity index (χ1n) is 6.03. The predicted octanol–water partition coefficient (Wildman–Crippen LogP) is 2.01. The Morgan fingerprint density at radius 2 is 2.24 bits per heavy atom. The summed E-state index contributed by atoms with van der Waals surface area (Å²) in [5, 5.41) is 3.90. The molecule has 17 heavy (non-hydrogen) atoms. The number of aromatic nitrogens is 1. The van der Waals surface area contributed by atoms with Gasteiger partial charge in [-0.15, -0.1) is 11.3 Å². The molecule has 96 valence electrons. The third kappa shape index (κ3) is 4.09. The number of nitrogens with zero attached hydrogens (tertiary/aromatic N) is 1. The molecule has 0 saturated carbocycles. The highest BCUT2D eigenvalue weighted by Gasteiger charge is 2.16. The van der Waals surface area contributed by atoms with E-state index in [1.165, 1.54) is 11.3 Å². The first-order chi connectivity index (χ1) is 8.08. The molecular weight excluding hydrogens is 234 g/mol. The molecule has 1 aromatic heterocycles. The molecule has 0 spiro atoms. The van der Waals surface area contributed by atoms with Gasteiger partial charge in [0, 0.05) is 12.6 Å². The summed E-state index contributed by atoms with van der Waals surface area (Å²) in [6.45, 7) is 6.39. The Labute approximate surface area is 107 Å². The number of amides is 1. The molecule has 0 aliphatic heterocycles. The second-order valence-electron chi connectivity index (χ2n) is 4.20. The number of unbranched alkanes of at least 4 members (excludes halogenated alkanes) is 1. The van der Waals surface area contributed by atoms with Gasteiger partial charge in [-0.1, -0.05) is 19.8 Å². The third-order valence-corrected chi connectivity index (χ3v) is 3.71. The van der Waals surface area contributed by atoms with Gasteiger partial charge in [0.25, 0.3) is 5.91 Å². The molecule has 1 amide bonds. The van der Waals surface area contributed by atoms with Gasteiger partial charge < -0.3 is 11.1 Å². The Hall–Kier alpha value is -0.940. The molecule has 0 aliphatic carbocycles. The molecule has 1 unspecified atom stereocenters. The van der Waals surface area contributed by atoms with E-state index in [-0.39, 0.29) is 11.9 Å². The van der Waals surface area contributed by atoms with Crippen molar-refractivity contribution in [3.63, 3.8) is 0 Å². The van der Waals surface area contributed by atoms with Crippen molar-refractivity contribution in [2.45, 2.75) is 46.1 Å². The molecule has 3 N–H and O–H groups in total. The van der Waals surface area contributed by atoms with Gasteiger partial charge in [0.1, 0.15) is 4.88 Å². The van der Waals surface area contributed by atoms with Crippen LogP contribution in [0.4, 0.5) is 0 Å². The molecule has 0 bridgehead atoms. The number of aryl methyl sites for hydroxylation is 2. The van der Waals surface area contributed by atoms with Crippen LogP contribution in [0, 0.1) is 13.8 Å². The zero-order valence-corrected chi connectivity index (χ0v) is 11.6. The standard InChI is InChI=1S/C12H21N3OS/c1-4-5-6-10(7-13)15-12(16)11-8(2)14-9(3)17-11/h10H,4-7,13H2,1-3H3,(H,15,16). The Morgan fingerprint density at radius 3 is 2.71 bits per heavy atom. The average Bonchev–Trinajstić information content (AvgIpc) is 2.63. The van der Waals surface area contributed by atoms with Crippen LogP contribution in [0.25, 0.3) is 0 Å². The SMILES string of the molecule is CCCCC(CN)NC(=O)c1sc(C)nc1C. The van der Waals surface area contributed by atoms with Gasteiger partial charge in [-0.05, 0) is 20.3 Å². The molecule has 1 aromatic rings. The number of nitrogens with two attached hydrogens (primary N) is 1. The van der Waals surface area contributed by atoms with Gasteiger partial charge in [0.2, 0.25) is 0 Å². The van der Waals surface area contributed by atoms with E-state index in [0.29, 0.717) is 11.4 Å². The van der Waals surface area contributed by atoms with Crippen LogP contribution < -0.4 is 11.1 Å². The van der Waals surface area contributed by atoms with Crippen LogP contribution in [0.2, 0.25) is 0 Å². The van der Waals surface area contributed by atoms with E-state index in [2.05, 4.69) is 17.2 Å². The van der Waals surface area contributed by atoms with Gasteiger partial charge in [0.15, 0.2) is 0 Å². The Kier molecular flexibility index (Phi) is 5.58. The summed E-state index contributed by atoms with van der Waals surface area (Å²) in [6, 6.07) is 0.0734. The lowest BCUT2D eigenvalue weighted by atomic mass is 10.1. The minimum absolute atomic E-state index is 0.0420. The van der Waals surface area contributed by atoms with Gasteiger partial charge in [0.05, 0.1) is 10.7 Å². The van der Waals surface area contributed by atoms with Crippen LogP contribution in [0.5, 0.6) is 0 Å².